The van der Waals surface area contributed by atoms with Gasteiger partial charge < -0.3 is 5.32 Å². The summed E-state index contributed by atoms with van der Waals surface area (Å²) in [6, 6.07) is 3.52. The number of carbonyl (C=O) groups is 1. The summed E-state index contributed by atoms with van der Waals surface area (Å²) in [5, 5.41) is 2.83. The first kappa shape index (κ1) is 15.6. The average molecular weight is 397 g/mol. The Bertz CT molecular complexity index is 496. The van der Waals surface area contributed by atoms with Gasteiger partial charge in [0.05, 0.1) is 5.56 Å². The van der Waals surface area contributed by atoms with E-state index in [0.717, 1.165) is 44.2 Å². The smallest absolute Gasteiger partial charge is 0.349 e. The van der Waals surface area contributed by atoms with Crippen molar-refractivity contribution in [2.24, 2.45) is 0 Å². The first-order valence-electron chi connectivity index (χ1n) is 6.55. The van der Waals surface area contributed by atoms with E-state index >= 15 is 0 Å². The summed E-state index contributed by atoms with van der Waals surface area (Å²) in [7, 11) is 0. The second-order valence-corrected chi connectivity index (χ2v) is 6.28. The maximum Gasteiger partial charge on any atom is 0.416 e. The first-order chi connectivity index (χ1) is 9.36. The van der Waals surface area contributed by atoms with Gasteiger partial charge >= 0.3 is 6.18 Å². The highest BCUT2D eigenvalue weighted by Crippen LogP contribution is 2.31. The summed E-state index contributed by atoms with van der Waals surface area (Å²) in [4.78, 5) is 12.1. The van der Waals surface area contributed by atoms with E-state index in [2.05, 4.69) is 5.32 Å². The summed E-state index contributed by atoms with van der Waals surface area (Å²) in [6.07, 6.45) is 0.661. The summed E-state index contributed by atoms with van der Waals surface area (Å²) < 4.78 is 38.6. The molecule has 2 nitrogen and oxygen atoms in total. The molecular weight excluding hydrogens is 382 g/mol. The number of rotatable bonds is 2. The van der Waals surface area contributed by atoms with Crippen molar-refractivity contribution in [1.82, 2.24) is 5.32 Å². The molecule has 0 heterocycles. The van der Waals surface area contributed by atoms with Crippen LogP contribution in [-0.4, -0.2) is 11.9 Å². The SMILES string of the molecule is O=C(NC1CCCCC1)c1cc(I)cc(C(F)(F)F)c1. The molecule has 0 radical (unpaired) electrons. The first-order valence-corrected chi connectivity index (χ1v) is 7.63. The van der Waals surface area contributed by atoms with Crippen molar-refractivity contribution in [2.75, 3.05) is 0 Å². The molecule has 20 heavy (non-hydrogen) atoms. The van der Waals surface area contributed by atoms with Crippen LogP contribution < -0.4 is 5.32 Å². The molecule has 2 rings (SSSR count). The number of hydrogen-bond acceptors (Lipinski definition) is 1. The lowest BCUT2D eigenvalue weighted by atomic mass is 9.95. The standard InChI is InChI=1S/C14H15F3INO/c15-14(16,17)10-6-9(7-11(18)8-10)13(20)19-12-4-2-1-3-5-12/h6-8,12H,1-5H2,(H,19,20). The van der Waals surface area contributed by atoms with Crippen LogP contribution in [0.1, 0.15) is 48.0 Å². The quantitative estimate of drug-likeness (QED) is 0.738. The van der Waals surface area contributed by atoms with Gasteiger partial charge in [-0.3, -0.25) is 4.79 Å². The molecule has 0 aromatic heterocycles. The third kappa shape index (κ3) is 4.10. The van der Waals surface area contributed by atoms with Gasteiger partial charge in [-0.2, -0.15) is 13.2 Å². The van der Waals surface area contributed by atoms with Crippen LogP contribution in [0, 0.1) is 3.57 Å². The molecule has 0 unspecified atom stereocenters. The summed E-state index contributed by atoms with van der Waals surface area (Å²) >= 11 is 1.80. The molecule has 1 aromatic rings. The van der Waals surface area contributed by atoms with Crippen LogP contribution in [0.5, 0.6) is 0 Å². The van der Waals surface area contributed by atoms with E-state index < -0.39 is 17.6 Å². The normalized spacial score (nSPS) is 17.0. The Morgan fingerprint density at radius 1 is 1.15 bits per heavy atom. The van der Waals surface area contributed by atoms with Crippen molar-refractivity contribution in [3.63, 3.8) is 0 Å². The zero-order chi connectivity index (χ0) is 14.8. The largest absolute Gasteiger partial charge is 0.416 e. The summed E-state index contributed by atoms with van der Waals surface area (Å²) in [5.74, 6) is -0.416. The number of alkyl halides is 3. The molecule has 1 N–H and O–H groups in total. The van der Waals surface area contributed by atoms with E-state index in [-0.39, 0.29) is 11.6 Å². The van der Waals surface area contributed by atoms with Gasteiger partial charge in [-0.25, -0.2) is 0 Å². The van der Waals surface area contributed by atoms with Crippen molar-refractivity contribution < 1.29 is 18.0 Å². The Balaban J connectivity index is 2.14. The molecule has 1 fully saturated rings. The van der Waals surface area contributed by atoms with Gasteiger partial charge in [0.2, 0.25) is 0 Å². The lowest BCUT2D eigenvalue weighted by Gasteiger charge is -2.23. The molecule has 1 aliphatic rings. The summed E-state index contributed by atoms with van der Waals surface area (Å²) in [5.41, 5.74) is -0.701. The minimum atomic E-state index is -4.43. The van der Waals surface area contributed by atoms with Gasteiger partial charge in [-0.1, -0.05) is 19.3 Å². The van der Waals surface area contributed by atoms with Gasteiger partial charge in [0, 0.05) is 15.2 Å². The Labute approximate surface area is 129 Å². The maximum atomic E-state index is 12.7. The lowest BCUT2D eigenvalue weighted by molar-refractivity contribution is -0.137. The molecule has 0 atom stereocenters. The molecule has 0 saturated heterocycles. The topological polar surface area (TPSA) is 29.1 Å². The Morgan fingerprint density at radius 3 is 2.40 bits per heavy atom. The molecule has 1 aromatic carbocycles. The third-order valence-electron chi connectivity index (χ3n) is 3.43. The Kier molecular flexibility index (Phi) is 4.93. The molecule has 110 valence electrons. The van der Waals surface area contributed by atoms with Gasteiger partial charge in [0.15, 0.2) is 0 Å². The minimum Gasteiger partial charge on any atom is -0.349 e. The molecule has 1 aliphatic carbocycles. The average Bonchev–Trinajstić information content (AvgIpc) is 2.38. The van der Waals surface area contributed by atoms with E-state index in [1.807, 2.05) is 0 Å². The fraction of sp³-hybridized carbons (Fsp3) is 0.500. The van der Waals surface area contributed by atoms with Crippen molar-refractivity contribution >= 4 is 28.5 Å². The van der Waals surface area contributed by atoms with Gasteiger partial charge in [0.25, 0.3) is 5.91 Å². The van der Waals surface area contributed by atoms with Crippen LogP contribution in [0.4, 0.5) is 13.2 Å². The zero-order valence-electron chi connectivity index (χ0n) is 10.8. The van der Waals surface area contributed by atoms with Crippen LogP contribution in [-0.2, 0) is 6.18 Å². The molecular formula is C14H15F3INO. The Hall–Kier alpha value is -0.790. The zero-order valence-corrected chi connectivity index (χ0v) is 12.9. The third-order valence-corrected chi connectivity index (χ3v) is 4.05. The fourth-order valence-electron chi connectivity index (χ4n) is 2.40. The number of hydrogen-bond donors (Lipinski definition) is 1. The molecule has 6 heteroatoms. The molecule has 0 bridgehead atoms. The summed E-state index contributed by atoms with van der Waals surface area (Å²) in [6.45, 7) is 0. The monoisotopic (exact) mass is 397 g/mol. The molecule has 1 amide bonds. The van der Waals surface area contributed by atoms with Crippen LogP contribution >= 0.6 is 22.6 Å². The van der Waals surface area contributed by atoms with Crippen molar-refractivity contribution in [1.29, 1.82) is 0 Å². The Morgan fingerprint density at radius 2 is 1.80 bits per heavy atom. The van der Waals surface area contributed by atoms with Crippen molar-refractivity contribution in [2.45, 2.75) is 44.3 Å². The predicted octanol–water partition coefficient (Wildman–Crippen LogP) is 4.37. The number of benzene rings is 1. The highest BCUT2D eigenvalue weighted by molar-refractivity contribution is 14.1. The molecule has 1 saturated carbocycles. The van der Waals surface area contributed by atoms with E-state index in [4.69, 9.17) is 0 Å². The van der Waals surface area contributed by atoms with E-state index in [9.17, 15) is 18.0 Å². The number of amides is 1. The highest BCUT2D eigenvalue weighted by atomic mass is 127. The minimum absolute atomic E-state index is 0.0785. The van der Waals surface area contributed by atoms with Gasteiger partial charge in [0.1, 0.15) is 0 Å². The highest BCUT2D eigenvalue weighted by Gasteiger charge is 2.31. The second kappa shape index (κ2) is 6.32. The van der Waals surface area contributed by atoms with Crippen LogP contribution in [0.3, 0.4) is 0 Å². The van der Waals surface area contributed by atoms with Gasteiger partial charge in [-0.05, 0) is 53.6 Å². The van der Waals surface area contributed by atoms with E-state index in [1.54, 1.807) is 22.6 Å². The van der Waals surface area contributed by atoms with Crippen molar-refractivity contribution in [3.8, 4) is 0 Å². The number of nitrogens with one attached hydrogen (secondary N) is 1. The van der Waals surface area contributed by atoms with Crippen LogP contribution in [0.2, 0.25) is 0 Å². The van der Waals surface area contributed by atoms with Gasteiger partial charge in [-0.15, -0.1) is 0 Å². The van der Waals surface area contributed by atoms with Crippen LogP contribution in [0.15, 0.2) is 18.2 Å². The second-order valence-electron chi connectivity index (χ2n) is 5.03. The molecule has 0 aliphatic heterocycles. The molecule has 0 spiro atoms. The number of halogens is 4. The van der Waals surface area contributed by atoms with E-state index in [1.165, 1.54) is 6.07 Å². The predicted molar refractivity (Wildman–Crippen MR) is 78.5 cm³/mol. The van der Waals surface area contributed by atoms with Crippen molar-refractivity contribution in [3.05, 3.63) is 32.9 Å². The lowest BCUT2D eigenvalue weighted by Crippen LogP contribution is -2.36. The van der Waals surface area contributed by atoms with Crippen LogP contribution in [0.25, 0.3) is 0 Å². The maximum absolute atomic E-state index is 12.7. The van der Waals surface area contributed by atoms with E-state index in [0.29, 0.717) is 3.57 Å². The number of carbonyl (C=O) groups excluding carboxylic acids is 1. The fourth-order valence-corrected chi connectivity index (χ4v) is 3.07.